The van der Waals surface area contributed by atoms with Gasteiger partial charge in [-0.1, -0.05) is 13.8 Å². The third kappa shape index (κ3) is 3.76. The first kappa shape index (κ1) is 15.4. The Labute approximate surface area is 98.8 Å². The maximum atomic E-state index is 12.3. The summed E-state index contributed by atoms with van der Waals surface area (Å²) >= 11 is 0. The van der Waals surface area contributed by atoms with E-state index < -0.39 is 5.41 Å². The number of rotatable bonds is 7. The van der Waals surface area contributed by atoms with Crippen LogP contribution in [0.25, 0.3) is 0 Å². The summed E-state index contributed by atoms with van der Waals surface area (Å²) in [5, 5.41) is 9.04. The Morgan fingerprint density at radius 2 is 1.88 bits per heavy atom. The molecular formula is C12H26N2O2. The quantitative estimate of drug-likeness (QED) is 0.685. The lowest BCUT2D eigenvalue weighted by molar-refractivity contribution is -0.143. The summed E-state index contributed by atoms with van der Waals surface area (Å²) in [4.78, 5) is 14.1. The summed E-state index contributed by atoms with van der Waals surface area (Å²) in [7, 11) is 0. The van der Waals surface area contributed by atoms with Crippen LogP contribution in [-0.2, 0) is 4.79 Å². The van der Waals surface area contributed by atoms with E-state index in [0.29, 0.717) is 13.1 Å². The predicted molar refractivity (Wildman–Crippen MR) is 66.0 cm³/mol. The number of hydrogen-bond acceptors (Lipinski definition) is 3. The van der Waals surface area contributed by atoms with Crippen molar-refractivity contribution in [3.63, 3.8) is 0 Å². The van der Waals surface area contributed by atoms with E-state index in [1.54, 1.807) is 4.90 Å². The van der Waals surface area contributed by atoms with E-state index in [2.05, 4.69) is 13.8 Å². The van der Waals surface area contributed by atoms with Crippen LogP contribution < -0.4 is 5.73 Å². The van der Waals surface area contributed by atoms with Crippen LogP contribution in [0, 0.1) is 5.41 Å². The zero-order valence-corrected chi connectivity index (χ0v) is 11.0. The largest absolute Gasteiger partial charge is 0.395 e. The molecule has 0 aromatic rings. The Morgan fingerprint density at radius 3 is 2.19 bits per heavy atom. The summed E-state index contributed by atoms with van der Waals surface area (Å²) in [5.41, 5.74) is 5.07. The summed E-state index contributed by atoms with van der Waals surface area (Å²) in [5.74, 6) is 0.0396. The van der Waals surface area contributed by atoms with Crippen LogP contribution in [0.3, 0.4) is 0 Å². The van der Waals surface area contributed by atoms with Gasteiger partial charge in [0, 0.05) is 19.1 Å². The van der Waals surface area contributed by atoms with Crippen LogP contribution in [0.4, 0.5) is 0 Å². The molecule has 3 N–H and O–H groups in total. The first-order chi connectivity index (χ1) is 7.44. The topological polar surface area (TPSA) is 66.6 Å². The Morgan fingerprint density at radius 1 is 1.38 bits per heavy atom. The maximum absolute atomic E-state index is 12.3. The van der Waals surface area contributed by atoms with Crippen molar-refractivity contribution in [2.75, 3.05) is 19.7 Å². The Hall–Kier alpha value is -0.610. The molecule has 0 unspecified atom stereocenters. The number of aliphatic hydroxyl groups excluding tert-OH is 1. The molecule has 0 fully saturated rings. The van der Waals surface area contributed by atoms with Crippen molar-refractivity contribution < 1.29 is 9.90 Å². The number of aliphatic hydroxyl groups is 1. The van der Waals surface area contributed by atoms with Gasteiger partial charge in [0.05, 0.1) is 12.0 Å². The number of nitrogens with zero attached hydrogens (tertiary/aromatic N) is 1. The molecular weight excluding hydrogens is 204 g/mol. The Bertz CT molecular complexity index is 213. The summed E-state index contributed by atoms with van der Waals surface area (Å²) in [6.45, 7) is 8.54. The first-order valence-corrected chi connectivity index (χ1v) is 6.06. The van der Waals surface area contributed by atoms with E-state index >= 15 is 0 Å². The van der Waals surface area contributed by atoms with Gasteiger partial charge in [0.2, 0.25) is 5.91 Å². The summed E-state index contributed by atoms with van der Waals surface area (Å²) < 4.78 is 0. The summed E-state index contributed by atoms with van der Waals surface area (Å²) in [6, 6.07) is 0.200. The minimum atomic E-state index is -0.544. The molecule has 16 heavy (non-hydrogen) atoms. The number of nitrogens with two attached hydrogens (primary N) is 1. The van der Waals surface area contributed by atoms with Gasteiger partial charge in [-0.15, -0.1) is 0 Å². The molecule has 0 atom stereocenters. The molecule has 4 heteroatoms. The number of carbonyl (C=O) groups excluding carboxylic acids is 1. The predicted octanol–water partition coefficient (Wildman–Crippen LogP) is 0.981. The molecule has 96 valence electrons. The van der Waals surface area contributed by atoms with Gasteiger partial charge in [-0.05, 0) is 26.7 Å². The highest BCUT2D eigenvalue weighted by Gasteiger charge is 2.32. The fraction of sp³-hybridized carbons (Fsp3) is 0.917. The molecule has 0 aliphatic heterocycles. The van der Waals surface area contributed by atoms with Crippen LogP contribution in [0.2, 0.25) is 0 Å². The van der Waals surface area contributed by atoms with E-state index in [1.807, 2.05) is 13.8 Å². The molecule has 0 bridgehead atoms. The molecule has 0 radical (unpaired) electrons. The SMILES string of the molecule is CCC(CC)N(CCO)C(=O)C(C)(C)CN. The van der Waals surface area contributed by atoms with E-state index in [4.69, 9.17) is 10.8 Å². The zero-order chi connectivity index (χ0) is 12.8. The number of hydrogen-bond donors (Lipinski definition) is 2. The minimum absolute atomic E-state index is 0.00287. The first-order valence-electron chi connectivity index (χ1n) is 6.06. The molecule has 1 amide bonds. The minimum Gasteiger partial charge on any atom is -0.395 e. The fourth-order valence-corrected chi connectivity index (χ4v) is 1.76. The van der Waals surface area contributed by atoms with Crippen LogP contribution in [-0.4, -0.2) is 41.7 Å². The van der Waals surface area contributed by atoms with Gasteiger partial charge in [-0.3, -0.25) is 4.79 Å². The lowest BCUT2D eigenvalue weighted by Gasteiger charge is -2.36. The van der Waals surface area contributed by atoms with Crippen molar-refractivity contribution in [1.82, 2.24) is 4.90 Å². The van der Waals surface area contributed by atoms with E-state index in [9.17, 15) is 4.79 Å². The van der Waals surface area contributed by atoms with E-state index in [0.717, 1.165) is 12.8 Å². The molecule has 0 spiro atoms. The smallest absolute Gasteiger partial charge is 0.229 e. The average molecular weight is 230 g/mol. The van der Waals surface area contributed by atoms with Gasteiger partial charge in [0.15, 0.2) is 0 Å². The highest BCUT2D eigenvalue weighted by Crippen LogP contribution is 2.20. The van der Waals surface area contributed by atoms with Crippen LogP contribution in [0.1, 0.15) is 40.5 Å². The number of carbonyl (C=O) groups is 1. The van der Waals surface area contributed by atoms with Crippen molar-refractivity contribution in [2.45, 2.75) is 46.6 Å². The van der Waals surface area contributed by atoms with Crippen LogP contribution >= 0.6 is 0 Å². The van der Waals surface area contributed by atoms with Crippen molar-refractivity contribution in [2.24, 2.45) is 11.1 Å². The Balaban J connectivity index is 4.83. The van der Waals surface area contributed by atoms with Crippen LogP contribution in [0.15, 0.2) is 0 Å². The van der Waals surface area contributed by atoms with Gasteiger partial charge in [-0.25, -0.2) is 0 Å². The van der Waals surface area contributed by atoms with Crippen molar-refractivity contribution >= 4 is 5.91 Å². The summed E-state index contributed by atoms with van der Waals surface area (Å²) in [6.07, 6.45) is 1.81. The monoisotopic (exact) mass is 230 g/mol. The second-order valence-electron chi connectivity index (χ2n) is 4.78. The van der Waals surface area contributed by atoms with Gasteiger partial charge in [-0.2, -0.15) is 0 Å². The van der Waals surface area contributed by atoms with Crippen molar-refractivity contribution in [3.05, 3.63) is 0 Å². The van der Waals surface area contributed by atoms with E-state index in [-0.39, 0.29) is 18.6 Å². The highest BCUT2D eigenvalue weighted by molar-refractivity contribution is 5.82. The van der Waals surface area contributed by atoms with Crippen molar-refractivity contribution in [1.29, 1.82) is 0 Å². The van der Waals surface area contributed by atoms with Crippen molar-refractivity contribution in [3.8, 4) is 0 Å². The van der Waals surface area contributed by atoms with E-state index in [1.165, 1.54) is 0 Å². The Kier molecular flexibility index (Phi) is 6.60. The third-order valence-electron chi connectivity index (χ3n) is 3.07. The molecule has 0 rings (SSSR count). The lowest BCUT2D eigenvalue weighted by atomic mass is 9.90. The fourth-order valence-electron chi connectivity index (χ4n) is 1.76. The molecule has 0 aliphatic rings. The average Bonchev–Trinajstić information content (AvgIpc) is 2.28. The molecule has 0 heterocycles. The molecule has 0 aromatic carbocycles. The normalized spacial score (nSPS) is 11.9. The molecule has 0 aromatic heterocycles. The van der Waals surface area contributed by atoms with Gasteiger partial charge >= 0.3 is 0 Å². The van der Waals surface area contributed by atoms with Crippen LogP contribution in [0.5, 0.6) is 0 Å². The lowest BCUT2D eigenvalue weighted by Crippen LogP contribution is -2.50. The highest BCUT2D eigenvalue weighted by atomic mass is 16.3. The van der Waals surface area contributed by atoms with Gasteiger partial charge < -0.3 is 15.7 Å². The van der Waals surface area contributed by atoms with Gasteiger partial charge in [0.1, 0.15) is 0 Å². The maximum Gasteiger partial charge on any atom is 0.229 e. The van der Waals surface area contributed by atoms with Gasteiger partial charge in [0.25, 0.3) is 0 Å². The molecule has 0 saturated heterocycles. The molecule has 4 nitrogen and oxygen atoms in total. The standard InChI is InChI=1S/C12H26N2O2/c1-5-10(6-2)14(7-8-15)11(16)12(3,4)9-13/h10,15H,5-9,13H2,1-4H3. The second kappa shape index (κ2) is 6.86. The molecule has 0 aliphatic carbocycles. The third-order valence-corrected chi connectivity index (χ3v) is 3.07. The second-order valence-corrected chi connectivity index (χ2v) is 4.78. The zero-order valence-electron chi connectivity index (χ0n) is 11.0. The number of amides is 1. The molecule has 0 saturated carbocycles.